The molecule has 0 radical (unpaired) electrons. The Hall–Kier alpha value is -2.33. The molecule has 0 saturated carbocycles. The summed E-state index contributed by atoms with van der Waals surface area (Å²) in [5, 5.41) is 5.15. The summed E-state index contributed by atoms with van der Waals surface area (Å²) in [6.45, 7) is 4.38. The minimum atomic E-state index is -0.0727. The maximum Gasteiger partial charge on any atom is 0.256 e. The van der Waals surface area contributed by atoms with Crippen molar-refractivity contribution in [2.75, 3.05) is 23.3 Å². The summed E-state index contributed by atoms with van der Waals surface area (Å²) >= 11 is 3.58. The van der Waals surface area contributed by atoms with E-state index in [2.05, 4.69) is 39.1 Å². The number of fused-ring (bicyclic) bond motifs is 1. The van der Waals surface area contributed by atoms with E-state index in [0.717, 1.165) is 45.6 Å². The molecule has 3 aromatic rings. The molecule has 27 heavy (non-hydrogen) atoms. The summed E-state index contributed by atoms with van der Waals surface area (Å²) in [5.74, 6) is 0.702. The van der Waals surface area contributed by atoms with Gasteiger partial charge in [0.1, 0.15) is 0 Å². The molecule has 4 rings (SSSR count). The van der Waals surface area contributed by atoms with E-state index in [-0.39, 0.29) is 5.91 Å². The van der Waals surface area contributed by atoms with Crippen LogP contribution < -0.4 is 10.2 Å². The Labute approximate surface area is 168 Å². The van der Waals surface area contributed by atoms with E-state index < -0.39 is 0 Å². The lowest BCUT2D eigenvalue weighted by Gasteiger charge is -2.33. The second-order valence-electron chi connectivity index (χ2n) is 7.28. The van der Waals surface area contributed by atoms with Gasteiger partial charge in [-0.25, -0.2) is 0 Å². The van der Waals surface area contributed by atoms with Crippen LogP contribution in [0.25, 0.3) is 10.8 Å². The zero-order chi connectivity index (χ0) is 18.8. The minimum Gasteiger partial charge on any atom is -0.370 e. The zero-order valence-electron chi connectivity index (χ0n) is 15.4. The number of piperidine rings is 1. The van der Waals surface area contributed by atoms with Crippen molar-refractivity contribution in [3.05, 3.63) is 70.7 Å². The van der Waals surface area contributed by atoms with Gasteiger partial charge in [0.25, 0.3) is 5.91 Å². The summed E-state index contributed by atoms with van der Waals surface area (Å²) in [6, 6.07) is 19.9. The molecule has 0 aliphatic carbocycles. The highest BCUT2D eigenvalue weighted by Gasteiger charge is 2.19. The number of benzene rings is 3. The zero-order valence-corrected chi connectivity index (χ0v) is 17.0. The normalized spacial score (nSPS) is 15.1. The quantitative estimate of drug-likeness (QED) is 0.553. The van der Waals surface area contributed by atoms with Crippen LogP contribution in [0.3, 0.4) is 0 Å². The van der Waals surface area contributed by atoms with Crippen LogP contribution in [0.1, 0.15) is 30.1 Å². The molecule has 1 fully saturated rings. The summed E-state index contributed by atoms with van der Waals surface area (Å²) in [5.41, 5.74) is 2.68. The Balaban J connectivity index is 1.64. The van der Waals surface area contributed by atoms with Gasteiger partial charge in [-0.05, 0) is 53.8 Å². The highest BCUT2D eigenvalue weighted by molar-refractivity contribution is 9.10. The number of nitrogens with one attached hydrogen (secondary N) is 1. The van der Waals surface area contributed by atoms with E-state index in [1.54, 1.807) is 0 Å². The lowest BCUT2D eigenvalue weighted by Crippen LogP contribution is -2.33. The molecule has 3 aromatic carbocycles. The molecule has 1 aliphatic rings. The summed E-state index contributed by atoms with van der Waals surface area (Å²) in [6.07, 6.45) is 2.39. The summed E-state index contributed by atoms with van der Waals surface area (Å²) in [4.78, 5) is 15.5. The van der Waals surface area contributed by atoms with Gasteiger partial charge in [0, 0.05) is 23.1 Å². The van der Waals surface area contributed by atoms with Crippen LogP contribution in [0.5, 0.6) is 0 Å². The lowest BCUT2D eigenvalue weighted by atomic mass is 9.98. The van der Waals surface area contributed by atoms with Crippen molar-refractivity contribution < 1.29 is 4.79 Å². The van der Waals surface area contributed by atoms with Crippen LogP contribution >= 0.6 is 15.9 Å². The fourth-order valence-electron chi connectivity index (χ4n) is 3.76. The fraction of sp³-hybridized carbons (Fsp3) is 0.261. The molecule has 138 valence electrons. The van der Waals surface area contributed by atoms with Crippen molar-refractivity contribution in [3.8, 4) is 0 Å². The van der Waals surface area contributed by atoms with Gasteiger partial charge in [0.15, 0.2) is 0 Å². The number of rotatable bonds is 3. The molecule has 1 amide bonds. The standard InChI is InChI=1S/C23H23BrN2O/c1-16-12-14-26(15-13-16)22-11-3-2-10-21(22)25-23(27)19-8-4-7-18-17(19)6-5-9-20(18)24/h2-11,16H,12-15H2,1H3,(H,25,27). The van der Waals surface area contributed by atoms with Crippen molar-refractivity contribution in [1.29, 1.82) is 0 Å². The maximum atomic E-state index is 13.1. The molecule has 1 aliphatic heterocycles. The van der Waals surface area contributed by atoms with E-state index in [4.69, 9.17) is 0 Å². The molecule has 1 N–H and O–H groups in total. The van der Waals surface area contributed by atoms with Crippen molar-refractivity contribution in [3.63, 3.8) is 0 Å². The Kier molecular flexibility index (Phi) is 5.17. The molecule has 0 bridgehead atoms. The van der Waals surface area contributed by atoms with Gasteiger partial charge >= 0.3 is 0 Å². The lowest BCUT2D eigenvalue weighted by molar-refractivity contribution is 0.102. The Morgan fingerprint density at radius 2 is 1.67 bits per heavy atom. The highest BCUT2D eigenvalue weighted by Crippen LogP contribution is 2.31. The van der Waals surface area contributed by atoms with Crippen LogP contribution in [0, 0.1) is 5.92 Å². The largest absolute Gasteiger partial charge is 0.370 e. The first-order valence-electron chi connectivity index (χ1n) is 9.46. The van der Waals surface area contributed by atoms with Crippen molar-refractivity contribution in [2.24, 2.45) is 5.92 Å². The van der Waals surface area contributed by atoms with Gasteiger partial charge in [-0.15, -0.1) is 0 Å². The molecule has 0 spiro atoms. The third-order valence-electron chi connectivity index (χ3n) is 5.39. The highest BCUT2D eigenvalue weighted by atomic mass is 79.9. The number of hydrogen-bond acceptors (Lipinski definition) is 2. The second kappa shape index (κ2) is 7.73. The van der Waals surface area contributed by atoms with Crippen LogP contribution in [-0.2, 0) is 0 Å². The van der Waals surface area contributed by atoms with Crippen molar-refractivity contribution in [2.45, 2.75) is 19.8 Å². The summed E-state index contributed by atoms with van der Waals surface area (Å²) < 4.78 is 0.998. The molecule has 0 unspecified atom stereocenters. The first kappa shape index (κ1) is 18.1. The molecule has 0 atom stereocenters. The number of halogens is 1. The number of anilines is 2. The van der Waals surface area contributed by atoms with Crippen molar-refractivity contribution in [1.82, 2.24) is 0 Å². The first-order chi connectivity index (χ1) is 13.1. The van der Waals surface area contributed by atoms with Gasteiger partial charge in [-0.3, -0.25) is 4.79 Å². The van der Waals surface area contributed by atoms with Gasteiger partial charge in [0.05, 0.1) is 11.4 Å². The van der Waals surface area contributed by atoms with Gasteiger partial charge in [-0.2, -0.15) is 0 Å². The second-order valence-corrected chi connectivity index (χ2v) is 8.14. The fourth-order valence-corrected chi connectivity index (χ4v) is 4.26. The predicted molar refractivity (Wildman–Crippen MR) is 117 cm³/mol. The predicted octanol–water partition coefficient (Wildman–Crippen LogP) is 6.09. The van der Waals surface area contributed by atoms with Crippen LogP contribution in [0.4, 0.5) is 11.4 Å². The Morgan fingerprint density at radius 1 is 0.963 bits per heavy atom. The van der Waals surface area contributed by atoms with Crippen LogP contribution in [0.15, 0.2) is 65.1 Å². The third-order valence-corrected chi connectivity index (χ3v) is 6.08. The van der Waals surface area contributed by atoms with Gasteiger partial charge in [0.2, 0.25) is 0 Å². The SMILES string of the molecule is CC1CCN(c2ccccc2NC(=O)c2cccc3c(Br)cccc23)CC1. The molecule has 3 nitrogen and oxygen atoms in total. The van der Waals surface area contributed by atoms with E-state index in [0.29, 0.717) is 5.56 Å². The minimum absolute atomic E-state index is 0.0727. The molecule has 1 saturated heterocycles. The van der Waals surface area contributed by atoms with E-state index in [1.807, 2.05) is 54.6 Å². The molecular formula is C23H23BrN2O. The Morgan fingerprint density at radius 3 is 2.48 bits per heavy atom. The maximum absolute atomic E-state index is 13.1. The van der Waals surface area contributed by atoms with E-state index >= 15 is 0 Å². The number of nitrogens with zero attached hydrogens (tertiary/aromatic N) is 1. The molecule has 4 heteroatoms. The molecular weight excluding hydrogens is 400 g/mol. The first-order valence-corrected chi connectivity index (χ1v) is 10.3. The smallest absolute Gasteiger partial charge is 0.256 e. The number of amides is 1. The Bertz CT molecular complexity index is 977. The third kappa shape index (κ3) is 3.72. The number of hydrogen-bond donors (Lipinski definition) is 1. The van der Waals surface area contributed by atoms with Gasteiger partial charge < -0.3 is 10.2 Å². The number of carbonyl (C=O) groups excluding carboxylic acids is 1. The van der Waals surface area contributed by atoms with E-state index in [1.165, 1.54) is 12.8 Å². The van der Waals surface area contributed by atoms with Crippen molar-refractivity contribution >= 4 is 44.0 Å². The number of carbonyl (C=O) groups is 1. The monoisotopic (exact) mass is 422 g/mol. The number of para-hydroxylation sites is 2. The molecule has 1 heterocycles. The summed E-state index contributed by atoms with van der Waals surface area (Å²) in [7, 11) is 0. The average molecular weight is 423 g/mol. The molecule has 0 aromatic heterocycles. The van der Waals surface area contributed by atoms with Crippen LogP contribution in [-0.4, -0.2) is 19.0 Å². The average Bonchev–Trinajstić information content (AvgIpc) is 2.69. The topological polar surface area (TPSA) is 32.3 Å². The van der Waals surface area contributed by atoms with E-state index in [9.17, 15) is 4.79 Å². The van der Waals surface area contributed by atoms with Crippen LogP contribution in [0.2, 0.25) is 0 Å². The van der Waals surface area contributed by atoms with Gasteiger partial charge in [-0.1, -0.05) is 59.3 Å².